The van der Waals surface area contributed by atoms with Crippen molar-refractivity contribution in [3.8, 4) is 0 Å². The van der Waals surface area contributed by atoms with Gasteiger partial charge in [-0.1, -0.05) is 13.3 Å². The summed E-state index contributed by atoms with van der Waals surface area (Å²) in [6, 6.07) is 0.361. The van der Waals surface area contributed by atoms with Gasteiger partial charge in [0.25, 0.3) is 0 Å². The maximum atomic E-state index is 11.1. The number of amides is 1. The molecule has 62 valence electrons. The molecule has 2 N–H and O–H groups in total. The molecule has 0 aromatic heterocycles. The van der Waals surface area contributed by atoms with Crippen LogP contribution in [0.4, 0.5) is 0 Å². The van der Waals surface area contributed by atoms with Gasteiger partial charge in [0.05, 0.1) is 0 Å². The largest absolute Gasteiger partial charge is 0.336 e. The Morgan fingerprint density at radius 3 is 2.82 bits per heavy atom. The molecule has 2 fully saturated rings. The number of carbonyl (C=O) groups excluding carboxylic acids is 1. The summed E-state index contributed by atoms with van der Waals surface area (Å²) in [7, 11) is 0. The van der Waals surface area contributed by atoms with Crippen molar-refractivity contribution in [1.82, 2.24) is 4.90 Å². The zero-order valence-corrected chi connectivity index (χ0v) is 6.79. The van der Waals surface area contributed by atoms with Crippen molar-refractivity contribution in [3.63, 3.8) is 0 Å². The lowest BCUT2D eigenvalue weighted by molar-refractivity contribution is -0.143. The first-order valence-electron chi connectivity index (χ1n) is 4.30. The Balaban J connectivity index is 1.86. The SMILES string of the molecule is CCC1CC1N1CC(N)C1=O. The van der Waals surface area contributed by atoms with Crippen molar-refractivity contribution < 1.29 is 4.79 Å². The zero-order chi connectivity index (χ0) is 8.01. The van der Waals surface area contributed by atoms with E-state index in [0.29, 0.717) is 6.04 Å². The second kappa shape index (κ2) is 2.21. The Kier molecular flexibility index (Phi) is 1.42. The monoisotopic (exact) mass is 154 g/mol. The van der Waals surface area contributed by atoms with Crippen LogP contribution in [-0.2, 0) is 4.79 Å². The fraction of sp³-hybridized carbons (Fsp3) is 0.875. The number of β-lactam (4-membered cyclic amide) rings is 1. The summed E-state index contributed by atoms with van der Waals surface area (Å²) < 4.78 is 0. The number of nitrogens with zero attached hydrogens (tertiary/aromatic N) is 1. The topological polar surface area (TPSA) is 46.3 Å². The number of rotatable bonds is 2. The highest BCUT2D eigenvalue weighted by Gasteiger charge is 2.48. The van der Waals surface area contributed by atoms with E-state index < -0.39 is 0 Å². The van der Waals surface area contributed by atoms with Crippen LogP contribution < -0.4 is 5.73 Å². The van der Waals surface area contributed by atoms with Gasteiger partial charge in [-0.05, 0) is 12.3 Å². The summed E-state index contributed by atoms with van der Waals surface area (Å²) in [6.45, 7) is 2.97. The Bertz CT molecular complexity index is 193. The molecule has 1 saturated carbocycles. The molecule has 11 heavy (non-hydrogen) atoms. The molecule has 3 nitrogen and oxygen atoms in total. The van der Waals surface area contributed by atoms with E-state index in [-0.39, 0.29) is 11.9 Å². The predicted octanol–water partition coefficient (Wildman–Crippen LogP) is -0.0456. The van der Waals surface area contributed by atoms with E-state index >= 15 is 0 Å². The molecule has 3 unspecified atom stereocenters. The first kappa shape index (κ1) is 7.10. The van der Waals surface area contributed by atoms with Gasteiger partial charge in [0, 0.05) is 12.6 Å². The van der Waals surface area contributed by atoms with E-state index in [4.69, 9.17) is 5.73 Å². The molecular formula is C8H14N2O. The normalized spacial score (nSPS) is 42.2. The summed E-state index contributed by atoms with van der Waals surface area (Å²) in [6.07, 6.45) is 2.40. The number of hydrogen-bond donors (Lipinski definition) is 1. The van der Waals surface area contributed by atoms with Crippen LogP contribution >= 0.6 is 0 Å². The van der Waals surface area contributed by atoms with E-state index in [1.807, 2.05) is 4.90 Å². The fourth-order valence-corrected chi connectivity index (χ4v) is 1.83. The quantitative estimate of drug-likeness (QED) is 0.567. The number of likely N-dealkylation sites (tertiary alicyclic amines) is 1. The fourth-order valence-electron chi connectivity index (χ4n) is 1.83. The molecule has 2 aliphatic rings. The minimum atomic E-state index is -0.187. The first-order valence-corrected chi connectivity index (χ1v) is 4.30. The van der Waals surface area contributed by atoms with E-state index in [1.165, 1.54) is 12.8 Å². The Morgan fingerprint density at radius 2 is 2.45 bits per heavy atom. The maximum absolute atomic E-state index is 11.1. The molecule has 1 aliphatic carbocycles. The van der Waals surface area contributed by atoms with Crippen molar-refractivity contribution in [2.45, 2.75) is 31.8 Å². The Morgan fingerprint density at radius 1 is 1.73 bits per heavy atom. The van der Waals surface area contributed by atoms with E-state index in [2.05, 4.69) is 6.92 Å². The summed E-state index contributed by atoms with van der Waals surface area (Å²) in [5.41, 5.74) is 5.47. The minimum absolute atomic E-state index is 0.158. The van der Waals surface area contributed by atoms with E-state index in [9.17, 15) is 4.79 Å². The van der Waals surface area contributed by atoms with Crippen LogP contribution in [0.25, 0.3) is 0 Å². The van der Waals surface area contributed by atoms with Crippen molar-refractivity contribution in [2.24, 2.45) is 11.7 Å². The van der Waals surface area contributed by atoms with Crippen LogP contribution in [0.1, 0.15) is 19.8 Å². The van der Waals surface area contributed by atoms with Gasteiger partial charge in [-0.15, -0.1) is 0 Å². The molecule has 0 spiro atoms. The second-order valence-electron chi connectivity index (χ2n) is 3.57. The lowest BCUT2D eigenvalue weighted by atomic mass is 10.1. The average molecular weight is 154 g/mol. The first-order chi connectivity index (χ1) is 5.24. The number of nitrogens with two attached hydrogens (primary N) is 1. The van der Waals surface area contributed by atoms with Gasteiger partial charge in [-0.3, -0.25) is 4.79 Å². The number of carbonyl (C=O) groups is 1. The van der Waals surface area contributed by atoms with Gasteiger partial charge in [-0.2, -0.15) is 0 Å². The third-order valence-electron chi connectivity index (χ3n) is 2.80. The highest BCUT2D eigenvalue weighted by Crippen LogP contribution is 2.40. The van der Waals surface area contributed by atoms with Crippen LogP contribution in [0.3, 0.4) is 0 Å². The van der Waals surface area contributed by atoms with Crippen LogP contribution in [-0.4, -0.2) is 29.4 Å². The second-order valence-corrected chi connectivity index (χ2v) is 3.57. The van der Waals surface area contributed by atoms with Crippen molar-refractivity contribution in [2.75, 3.05) is 6.54 Å². The molecule has 2 rings (SSSR count). The molecule has 1 aliphatic heterocycles. The van der Waals surface area contributed by atoms with Gasteiger partial charge in [0.1, 0.15) is 6.04 Å². The van der Waals surface area contributed by atoms with Gasteiger partial charge in [0.15, 0.2) is 0 Å². The van der Waals surface area contributed by atoms with Gasteiger partial charge in [-0.25, -0.2) is 0 Å². The van der Waals surface area contributed by atoms with Crippen molar-refractivity contribution >= 4 is 5.91 Å². The standard InChI is InChI=1S/C8H14N2O/c1-2-5-3-7(5)10-4-6(9)8(10)11/h5-7H,2-4,9H2,1H3. The number of hydrogen-bond acceptors (Lipinski definition) is 2. The summed E-state index contributed by atoms with van der Waals surface area (Å²) in [5, 5.41) is 0. The minimum Gasteiger partial charge on any atom is -0.336 e. The molecule has 1 saturated heterocycles. The molecule has 3 atom stereocenters. The third-order valence-corrected chi connectivity index (χ3v) is 2.80. The molecule has 1 amide bonds. The lowest BCUT2D eigenvalue weighted by Gasteiger charge is -2.36. The molecule has 0 aromatic rings. The predicted molar refractivity (Wildman–Crippen MR) is 41.9 cm³/mol. The summed E-state index contributed by atoms with van der Waals surface area (Å²) in [5.74, 6) is 0.928. The van der Waals surface area contributed by atoms with Crippen molar-refractivity contribution in [3.05, 3.63) is 0 Å². The molecule has 0 bridgehead atoms. The van der Waals surface area contributed by atoms with Gasteiger partial charge < -0.3 is 10.6 Å². The van der Waals surface area contributed by atoms with Gasteiger partial charge >= 0.3 is 0 Å². The van der Waals surface area contributed by atoms with E-state index in [0.717, 1.165) is 12.5 Å². The molecular weight excluding hydrogens is 140 g/mol. The zero-order valence-electron chi connectivity index (χ0n) is 6.79. The highest BCUT2D eigenvalue weighted by molar-refractivity contribution is 5.88. The van der Waals surface area contributed by atoms with Crippen LogP contribution in [0.15, 0.2) is 0 Å². The third kappa shape index (κ3) is 0.948. The lowest BCUT2D eigenvalue weighted by Crippen LogP contribution is -2.61. The molecule has 1 heterocycles. The molecule has 0 aromatic carbocycles. The average Bonchev–Trinajstić information content (AvgIpc) is 2.78. The van der Waals surface area contributed by atoms with Crippen LogP contribution in [0.5, 0.6) is 0 Å². The van der Waals surface area contributed by atoms with Crippen LogP contribution in [0, 0.1) is 5.92 Å². The molecule has 0 radical (unpaired) electrons. The summed E-state index contributed by atoms with van der Waals surface area (Å²) >= 11 is 0. The van der Waals surface area contributed by atoms with E-state index in [1.54, 1.807) is 0 Å². The van der Waals surface area contributed by atoms with Crippen LogP contribution in [0.2, 0.25) is 0 Å². The summed E-state index contributed by atoms with van der Waals surface area (Å²) in [4.78, 5) is 13.0. The highest BCUT2D eigenvalue weighted by atomic mass is 16.2. The smallest absolute Gasteiger partial charge is 0.241 e. The Hall–Kier alpha value is -0.570. The van der Waals surface area contributed by atoms with Crippen molar-refractivity contribution in [1.29, 1.82) is 0 Å². The Labute approximate surface area is 66.5 Å². The van der Waals surface area contributed by atoms with Gasteiger partial charge in [0.2, 0.25) is 5.91 Å². The maximum Gasteiger partial charge on any atom is 0.241 e. The molecule has 3 heteroatoms.